The van der Waals surface area contributed by atoms with Crippen LogP contribution < -0.4 is 0 Å². The van der Waals surface area contributed by atoms with Gasteiger partial charge in [-0.3, -0.25) is 9.80 Å². The fourth-order valence-corrected chi connectivity index (χ4v) is 1.90. The van der Waals surface area contributed by atoms with Crippen LogP contribution in [0, 0.1) is 11.8 Å². The van der Waals surface area contributed by atoms with E-state index in [-0.39, 0.29) is 34.4 Å². The van der Waals surface area contributed by atoms with Gasteiger partial charge in [0, 0.05) is 14.1 Å². The lowest BCUT2D eigenvalue weighted by Gasteiger charge is -2.10. The first-order valence-electron chi connectivity index (χ1n) is 10.8. The topological polar surface area (TPSA) is 93.2 Å². The molecule has 0 aromatic carbocycles. The molecule has 8 heteroatoms. The molecule has 2 fully saturated rings. The largest absolute Gasteiger partial charge is 0.418 e. The van der Waals surface area contributed by atoms with Crippen LogP contribution in [0.1, 0.15) is 103 Å². The molecular formula is C25H54N2O6. The first kappa shape index (κ1) is 41.2. The second kappa shape index (κ2) is 21.7. The van der Waals surface area contributed by atoms with Crippen LogP contribution in [0.25, 0.3) is 0 Å². The van der Waals surface area contributed by atoms with E-state index in [1.165, 1.54) is 22.6 Å². The van der Waals surface area contributed by atoms with Crippen molar-refractivity contribution in [1.82, 2.24) is 9.80 Å². The van der Waals surface area contributed by atoms with Crippen molar-refractivity contribution in [3.05, 3.63) is 0 Å². The van der Waals surface area contributed by atoms with E-state index in [9.17, 15) is 19.2 Å². The second-order valence-electron chi connectivity index (χ2n) is 8.05. The van der Waals surface area contributed by atoms with Gasteiger partial charge in [0.25, 0.3) is 0 Å². The van der Waals surface area contributed by atoms with Crippen molar-refractivity contribution in [3.8, 4) is 0 Å². The third-order valence-corrected chi connectivity index (χ3v) is 4.84. The van der Waals surface area contributed by atoms with E-state index in [0.717, 1.165) is 11.8 Å². The molecule has 2 atom stereocenters. The average Bonchev–Trinajstić information content (AvgIpc) is 3.08. The molecule has 2 heterocycles. The summed E-state index contributed by atoms with van der Waals surface area (Å²) < 4.78 is 8.65. The highest BCUT2D eigenvalue weighted by atomic mass is 16.6. The van der Waals surface area contributed by atoms with Crippen LogP contribution in [-0.2, 0) is 19.1 Å². The minimum atomic E-state index is -0.545. The van der Waals surface area contributed by atoms with Gasteiger partial charge in [-0.25, -0.2) is 19.2 Å². The Kier molecular flexibility index (Phi) is 27.1. The van der Waals surface area contributed by atoms with Crippen LogP contribution in [0.5, 0.6) is 0 Å². The molecule has 0 aromatic heterocycles. The number of ether oxygens (including phenoxy) is 2. The van der Waals surface area contributed by atoms with Crippen molar-refractivity contribution in [1.29, 1.82) is 0 Å². The molecular weight excluding hydrogens is 424 g/mol. The molecule has 8 nitrogen and oxygen atoms in total. The van der Waals surface area contributed by atoms with Crippen molar-refractivity contribution in [2.45, 2.75) is 115 Å². The normalized spacial score (nSPS) is 18.3. The lowest BCUT2D eigenvalue weighted by molar-refractivity contribution is -0.136. The fourth-order valence-electron chi connectivity index (χ4n) is 1.90. The van der Waals surface area contributed by atoms with Gasteiger partial charge in [0.05, 0.1) is 0 Å². The quantitative estimate of drug-likeness (QED) is 0.327. The van der Waals surface area contributed by atoms with Gasteiger partial charge >= 0.3 is 24.1 Å². The van der Waals surface area contributed by atoms with E-state index in [1.807, 2.05) is 13.8 Å². The highest BCUT2D eigenvalue weighted by Gasteiger charge is 2.37. The van der Waals surface area contributed by atoms with Crippen LogP contribution in [-0.4, -0.2) is 60.1 Å². The molecule has 33 heavy (non-hydrogen) atoms. The van der Waals surface area contributed by atoms with Crippen molar-refractivity contribution in [2.75, 3.05) is 14.1 Å². The van der Waals surface area contributed by atoms with Crippen LogP contribution >= 0.6 is 0 Å². The smallest absolute Gasteiger partial charge is 0.375 e. The van der Waals surface area contributed by atoms with Gasteiger partial charge in [-0.2, -0.15) is 0 Å². The average molecular weight is 479 g/mol. The van der Waals surface area contributed by atoms with E-state index in [0.29, 0.717) is 12.8 Å². The maximum atomic E-state index is 10.7. The molecule has 2 aliphatic heterocycles. The highest BCUT2D eigenvalue weighted by molar-refractivity contribution is 5.95. The number of cyclic esters (lactones) is 4. The standard InChI is InChI=1S/2C6H9NO3.2C5H12.3CH4/c2*1-3-4-5(8)10-6(9)7(4)2;2*1-4-5(2)3;;;/h2*4H,3H2,1-2H3;2*5H,4H2,1-3H3;3*1H4/t4-;;;;;;/m0....../s1. The van der Waals surface area contributed by atoms with Crippen molar-refractivity contribution in [2.24, 2.45) is 11.8 Å². The van der Waals surface area contributed by atoms with Crippen LogP contribution in [0.15, 0.2) is 0 Å². The minimum absolute atomic E-state index is 0. The number of nitrogens with zero attached hydrogens (tertiary/aromatic N) is 2. The molecule has 2 aliphatic rings. The summed E-state index contributed by atoms with van der Waals surface area (Å²) in [5.41, 5.74) is 0. The van der Waals surface area contributed by atoms with Gasteiger partial charge < -0.3 is 9.47 Å². The van der Waals surface area contributed by atoms with Crippen LogP contribution in [0.3, 0.4) is 0 Å². The number of carbonyl (C=O) groups excluding carboxylic acids is 4. The van der Waals surface area contributed by atoms with Gasteiger partial charge in [0.15, 0.2) is 0 Å². The van der Waals surface area contributed by atoms with E-state index >= 15 is 0 Å². The van der Waals surface area contributed by atoms with Gasteiger partial charge in [0.2, 0.25) is 0 Å². The molecule has 2 rings (SSSR count). The number of carbonyl (C=O) groups is 4. The van der Waals surface area contributed by atoms with Crippen molar-refractivity contribution >= 4 is 24.1 Å². The lowest BCUT2D eigenvalue weighted by atomic mass is 10.2. The number of hydrogen-bond donors (Lipinski definition) is 0. The molecule has 1 unspecified atom stereocenters. The Bertz CT molecular complexity index is 501. The SMILES string of the molecule is C.C.C.CCC(C)C.CCC(C)C.CCC1C(=O)OC(=O)N1C.CC[C@H]1C(=O)OC(=O)N1C. The molecule has 2 saturated heterocycles. The van der Waals surface area contributed by atoms with Crippen LogP contribution in [0.2, 0.25) is 0 Å². The molecule has 2 amide bonds. The fraction of sp³-hybridized carbons (Fsp3) is 0.840. The van der Waals surface area contributed by atoms with Gasteiger partial charge in [-0.05, 0) is 24.7 Å². The number of esters is 2. The molecule has 200 valence electrons. The first-order chi connectivity index (χ1) is 13.9. The molecule has 0 spiro atoms. The van der Waals surface area contributed by atoms with Gasteiger partial charge in [-0.1, -0.05) is 90.5 Å². The summed E-state index contributed by atoms with van der Waals surface area (Å²) in [4.78, 5) is 45.4. The second-order valence-corrected chi connectivity index (χ2v) is 8.05. The number of likely N-dealkylation sites (N-methyl/N-ethyl adjacent to an activating group) is 2. The zero-order valence-electron chi connectivity index (χ0n) is 20.5. The number of rotatable bonds is 4. The summed E-state index contributed by atoms with van der Waals surface area (Å²) in [6.45, 7) is 17.0. The first-order valence-corrected chi connectivity index (χ1v) is 10.8. The third kappa shape index (κ3) is 16.2. The van der Waals surface area contributed by atoms with E-state index < -0.39 is 24.1 Å². The predicted octanol–water partition coefficient (Wildman–Crippen LogP) is 6.76. The molecule has 0 aliphatic carbocycles. The summed E-state index contributed by atoms with van der Waals surface area (Å²) in [5.74, 6) is 0.898. The Morgan fingerprint density at radius 1 is 0.636 bits per heavy atom. The van der Waals surface area contributed by atoms with Crippen molar-refractivity contribution < 1.29 is 28.7 Å². The monoisotopic (exact) mass is 478 g/mol. The number of hydrogen-bond acceptors (Lipinski definition) is 6. The summed E-state index contributed by atoms with van der Waals surface area (Å²) in [7, 11) is 3.11. The van der Waals surface area contributed by atoms with Crippen molar-refractivity contribution in [3.63, 3.8) is 0 Å². The Hall–Kier alpha value is -2.12. The zero-order chi connectivity index (χ0) is 24.0. The Labute approximate surface area is 204 Å². The number of amides is 2. The predicted molar refractivity (Wildman–Crippen MR) is 137 cm³/mol. The van der Waals surface area contributed by atoms with Crippen LogP contribution in [0.4, 0.5) is 9.59 Å². The van der Waals surface area contributed by atoms with E-state index in [1.54, 1.807) is 14.1 Å². The molecule has 0 saturated carbocycles. The maximum absolute atomic E-state index is 10.7. The maximum Gasteiger partial charge on any atom is 0.418 e. The van der Waals surface area contributed by atoms with Gasteiger partial charge in [0.1, 0.15) is 12.1 Å². The zero-order valence-corrected chi connectivity index (χ0v) is 20.5. The third-order valence-electron chi connectivity index (χ3n) is 4.84. The lowest BCUT2D eigenvalue weighted by Crippen LogP contribution is -2.30. The summed E-state index contributed by atoms with van der Waals surface area (Å²) in [5, 5.41) is 0. The minimum Gasteiger partial charge on any atom is -0.375 e. The van der Waals surface area contributed by atoms with E-state index in [4.69, 9.17) is 0 Å². The summed E-state index contributed by atoms with van der Waals surface area (Å²) in [6.07, 6.45) is 2.75. The Balaban J connectivity index is -0.000000108. The molecule has 0 radical (unpaired) electrons. The van der Waals surface area contributed by atoms with Gasteiger partial charge in [-0.15, -0.1) is 0 Å². The molecule has 0 aromatic rings. The van der Waals surface area contributed by atoms with E-state index in [2.05, 4.69) is 51.0 Å². The Morgan fingerprint density at radius 2 is 0.848 bits per heavy atom. The summed E-state index contributed by atoms with van der Waals surface area (Å²) >= 11 is 0. The highest BCUT2D eigenvalue weighted by Crippen LogP contribution is 2.14. The summed E-state index contributed by atoms with van der Waals surface area (Å²) in [6, 6.07) is -0.736. The Morgan fingerprint density at radius 3 is 0.909 bits per heavy atom. The molecule has 0 bridgehead atoms. The molecule has 0 N–H and O–H groups in total.